The lowest BCUT2D eigenvalue weighted by Crippen LogP contribution is -2.43. The second-order valence-corrected chi connectivity index (χ2v) is 3.81. The topological polar surface area (TPSA) is 3.24 Å². The van der Waals surface area contributed by atoms with E-state index in [0.29, 0.717) is 0 Å². The summed E-state index contributed by atoms with van der Waals surface area (Å²) in [7, 11) is 0. The monoisotopic (exact) mass is 151 g/mol. The van der Waals surface area contributed by atoms with Gasteiger partial charge in [-0.1, -0.05) is 18.6 Å². The fourth-order valence-electron chi connectivity index (χ4n) is 2.40. The van der Waals surface area contributed by atoms with Crippen LogP contribution in [-0.4, -0.2) is 24.0 Å². The summed E-state index contributed by atoms with van der Waals surface area (Å²) in [5.41, 5.74) is 1.50. The summed E-state index contributed by atoms with van der Waals surface area (Å²) in [6.45, 7) is 6.80. The molecular weight excluding hydrogens is 134 g/mol. The molecule has 62 valence electrons. The Morgan fingerprint density at radius 3 is 2.82 bits per heavy atom. The van der Waals surface area contributed by atoms with Gasteiger partial charge in [-0.05, 0) is 38.8 Å². The average Bonchev–Trinajstić information content (AvgIpc) is 2.06. The Balaban J connectivity index is 2.05. The second-order valence-electron chi connectivity index (χ2n) is 3.81. The molecule has 2 fully saturated rings. The summed E-state index contributed by atoms with van der Waals surface area (Å²) in [5.74, 6) is 0. The van der Waals surface area contributed by atoms with Crippen molar-refractivity contribution < 1.29 is 0 Å². The van der Waals surface area contributed by atoms with Crippen molar-refractivity contribution in [1.29, 1.82) is 0 Å². The summed E-state index contributed by atoms with van der Waals surface area (Å²) in [4.78, 5) is 2.62. The van der Waals surface area contributed by atoms with Crippen molar-refractivity contribution in [2.75, 3.05) is 13.1 Å². The van der Waals surface area contributed by atoms with Crippen LogP contribution in [0.15, 0.2) is 12.2 Å². The van der Waals surface area contributed by atoms with Crippen molar-refractivity contribution in [3.05, 3.63) is 12.2 Å². The van der Waals surface area contributed by atoms with Crippen molar-refractivity contribution in [3.8, 4) is 0 Å². The maximum atomic E-state index is 4.16. The van der Waals surface area contributed by atoms with Gasteiger partial charge in [0, 0.05) is 6.04 Å². The zero-order chi connectivity index (χ0) is 7.68. The van der Waals surface area contributed by atoms with Gasteiger partial charge in [-0.25, -0.2) is 0 Å². The van der Waals surface area contributed by atoms with Gasteiger partial charge >= 0.3 is 0 Å². The van der Waals surface area contributed by atoms with Crippen molar-refractivity contribution in [2.24, 2.45) is 0 Å². The molecule has 1 heteroatoms. The SMILES string of the molecule is C=C1CCCN2CCCCC12. The van der Waals surface area contributed by atoms with Crippen LogP contribution in [0.5, 0.6) is 0 Å². The van der Waals surface area contributed by atoms with E-state index in [9.17, 15) is 0 Å². The largest absolute Gasteiger partial charge is 0.297 e. The predicted octanol–water partition coefficient (Wildman–Crippen LogP) is 2.19. The maximum absolute atomic E-state index is 4.16. The molecule has 0 radical (unpaired) electrons. The normalized spacial score (nSPS) is 33.5. The van der Waals surface area contributed by atoms with Gasteiger partial charge < -0.3 is 0 Å². The highest BCUT2D eigenvalue weighted by Crippen LogP contribution is 2.28. The predicted molar refractivity (Wildman–Crippen MR) is 47.6 cm³/mol. The third kappa shape index (κ3) is 1.34. The highest BCUT2D eigenvalue weighted by molar-refractivity contribution is 5.10. The molecular formula is C10H17N. The van der Waals surface area contributed by atoms with Gasteiger partial charge in [0.15, 0.2) is 0 Å². The highest BCUT2D eigenvalue weighted by atomic mass is 15.2. The van der Waals surface area contributed by atoms with Crippen molar-refractivity contribution in [2.45, 2.75) is 38.1 Å². The van der Waals surface area contributed by atoms with E-state index in [-0.39, 0.29) is 0 Å². The summed E-state index contributed by atoms with van der Waals surface area (Å²) in [5, 5.41) is 0. The Kier molecular flexibility index (Phi) is 1.99. The van der Waals surface area contributed by atoms with E-state index in [1.807, 2.05) is 0 Å². The molecule has 2 heterocycles. The van der Waals surface area contributed by atoms with Gasteiger partial charge in [-0.2, -0.15) is 0 Å². The van der Waals surface area contributed by atoms with Crippen molar-refractivity contribution >= 4 is 0 Å². The molecule has 1 atom stereocenters. The number of hydrogen-bond acceptors (Lipinski definition) is 1. The Hall–Kier alpha value is -0.300. The molecule has 1 nitrogen and oxygen atoms in total. The number of fused-ring (bicyclic) bond motifs is 1. The third-order valence-electron chi connectivity index (χ3n) is 3.03. The Bertz CT molecular complexity index is 160. The van der Waals surface area contributed by atoms with Gasteiger partial charge in [0.1, 0.15) is 0 Å². The van der Waals surface area contributed by atoms with Crippen LogP contribution in [0.3, 0.4) is 0 Å². The van der Waals surface area contributed by atoms with Crippen molar-refractivity contribution in [3.63, 3.8) is 0 Å². The molecule has 0 saturated carbocycles. The quantitative estimate of drug-likeness (QED) is 0.480. The molecule has 2 aliphatic rings. The van der Waals surface area contributed by atoms with Crippen LogP contribution < -0.4 is 0 Å². The Morgan fingerprint density at radius 2 is 2.00 bits per heavy atom. The smallest absolute Gasteiger partial charge is 0.0304 e. The molecule has 2 saturated heterocycles. The summed E-state index contributed by atoms with van der Waals surface area (Å²) in [6.07, 6.45) is 6.82. The number of nitrogens with zero attached hydrogens (tertiary/aromatic N) is 1. The van der Waals surface area contributed by atoms with Crippen LogP contribution in [0, 0.1) is 0 Å². The summed E-state index contributed by atoms with van der Waals surface area (Å²) < 4.78 is 0. The first-order valence-electron chi connectivity index (χ1n) is 4.79. The molecule has 0 aromatic rings. The van der Waals surface area contributed by atoms with E-state index in [2.05, 4.69) is 11.5 Å². The molecule has 0 aromatic carbocycles. The van der Waals surface area contributed by atoms with Crippen LogP contribution in [0.4, 0.5) is 0 Å². The number of rotatable bonds is 0. The minimum atomic E-state index is 0.762. The van der Waals surface area contributed by atoms with E-state index < -0.39 is 0 Å². The standard InChI is InChI=1S/C10H17N/c1-9-5-4-8-11-7-3-2-6-10(9)11/h10H,1-8H2. The van der Waals surface area contributed by atoms with E-state index in [1.165, 1.54) is 50.8 Å². The number of hydrogen-bond donors (Lipinski definition) is 0. The minimum Gasteiger partial charge on any atom is -0.297 e. The molecule has 2 rings (SSSR count). The first-order valence-corrected chi connectivity index (χ1v) is 4.79. The van der Waals surface area contributed by atoms with E-state index >= 15 is 0 Å². The molecule has 0 aromatic heterocycles. The lowest BCUT2D eigenvalue weighted by Gasteiger charge is -2.40. The third-order valence-corrected chi connectivity index (χ3v) is 3.03. The lowest BCUT2D eigenvalue weighted by atomic mass is 9.90. The van der Waals surface area contributed by atoms with Gasteiger partial charge in [-0.3, -0.25) is 4.90 Å². The maximum Gasteiger partial charge on any atom is 0.0304 e. The van der Waals surface area contributed by atoms with Crippen molar-refractivity contribution in [1.82, 2.24) is 4.90 Å². The first kappa shape index (κ1) is 7.35. The molecule has 11 heavy (non-hydrogen) atoms. The van der Waals surface area contributed by atoms with Crippen LogP contribution in [0.2, 0.25) is 0 Å². The van der Waals surface area contributed by atoms with Crippen LogP contribution in [0.25, 0.3) is 0 Å². The van der Waals surface area contributed by atoms with Crippen LogP contribution in [0.1, 0.15) is 32.1 Å². The van der Waals surface area contributed by atoms with Gasteiger partial charge in [0.05, 0.1) is 0 Å². The van der Waals surface area contributed by atoms with Crippen LogP contribution >= 0.6 is 0 Å². The fourth-order valence-corrected chi connectivity index (χ4v) is 2.40. The molecule has 0 spiro atoms. The first-order chi connectivity index (χ1) is 5.38. The van der Waals surface area contributed by atoms with E-state index in [1.54, 1.807) is 0 Å². The van der Waals surface area contributed by atoms with Crippen LogP contribution in [-0.2, 0) is 0 Å². The Labute approximate surface area is 69.1 Å². The van der Waals surface area contributed by atoms with E-state index in [4.69, 9.17) is 0 Å². The summed E-state index contributed by atoms with van der Waals surface area (Å²) >= 11 is 0. The zero-order valence-electron chi connectivity index (χ0n) is 7.18. The minimum absolute atomic E-state index is 0.762. The van der Waals surface area contributed by atoms with Gasteiger partial charge in [-0.15, -0.1) is 0 Å². The molecule has 0 N–H and O–H groups in total. The molecule has 0 bridgehead atoms. The zero-order valence-corrected chi connectivity index (χ0v) is 7.18. The molecule has 1 unspecified atom stereocenters. The highest BCUT2D eigenvalue weighted by Gasteiger charge is 2.26. The number of piperidine rings is 2. The van der Waals surface area contributed by atoms with Gasteiger partial charge in [0.25, 0.3) is 0 Å². The van der Waals surface area contributed by atoms with E-state index in [0.717, 1.165) is 6.04 Å². The lowest BCUT2D eigenvalue weighted by molar-refractivity contribution is 0.148. The van der Waals surface area contributed by atoms with Gasteiger partial charge in [0.2, 0.25) is 0 Å². The second kappa shape index (κ2) is 2.98. The molecule has 0 amide bonds. The molecule has 0 aliphatic carbocycles. The summed E-state index contributed by atoms with van der Waals surface area (Å²) in [6, 6.07) is 0.762. The molecule has 2 aliphatic heterocycles. The fraction of sp³-hybridized carbons (Fsp3) is 0.800. The average molecular weight is 151 g/mol. The Morgan fingerprint density at radius 1 is 1.18 bits per heavy atom.